The number of aromatic amines is 1. The number of hydrogen-bond donors (Lipinski definition) is 1. The summed E-state index contributed by atoms with van der Waals surface area (Å²) in [5, 5.41) is 11.9. The fourth-order valence-electron chi connectivity index (χ4n) is 2.93. The van der Waals surface area contributed by atoms with Crippen molar-refractivity contribution in [2.45, 2.75) is 0 Å². The molecule has 0 atom stereocenters. The lowest BCUT2D eigenvalue weighted by atomic mass is 10.1. The van der Waals surface area contributed by atoms with E-state index >= 15 is 0 Å². The molecule has 29 heavy (non-hydrogen) atoms. The average molecular weight is 389 g/mol. The van der Waals surface area contributed by atoms with Crippen LogP contribution in [0.4, 0.5) is 5.69 Å². The first-order chi connectivity index (χ1) is 14.0. The van der Waals surface area contributed by atoms with Gasteiger partial charge in [-0.1, -0.05) is 12.1 Å². The predicted octanol–water partition coefficient (Wildman–Crippen LogP) is 4.27. The van der Waals surface area contributed by atoms with E-state index in [1.54, 1.807) is 54.6 Å². The monoisotopic (exact) mass is 389 g/mol. The molecule has 8 heteroatoms. The van der Waals surface area contributed by atoms with Gasteiger partial charge in [0.25, 0.3) is 11.2 Å². The molecule has 0 amide bonds. The topological polar surface area (TPSA) is 111 Å². The highest BCUT2D eigenvalue weighted by atomic mass is 16.6. The van der Waals surface area contributed by atoms with E-state index in [1.165, 1.54) is 13.2 Å². The second kappa shape index (κ2) is 7.43. The molecular formula is C21H15N3O5. The van der Waals surface area contributed by atoms with Gasteiger partial charge in [0.2, 0.25) is 0 Å². The number of nitro benzene ring substituents is 1. The molecule has 8 nitrogen and oxygen atoms in total. The van der Waals surface area contributed by atoms with Gasteiger partial charge >= 0.3 is 0 Å². The molecule has 144 valence electrons. The average Bonchev–Trinajstić information content (AvgIpc) is 3.20. The van der Waals surface area contributed by atoms with Crippen molar-refractivity contribution in [3.8, 4) is 17.1 Å². The van der Waals surface area contributed by atoms with Gasteiger partial charge in [-0.2, -0.15) is 0 Å². The van der Waals surface area contributed by atoms with Crippen LogP contribution in [0.25, 0.3) is 34.4 Å². The second-order valence-corrected chi connectivity index (χ2v) is 6.14. The van der Waals surface area contributed by atoms with E-state index in [0.717, 1.165) is 0 Å². The maximum atomic E-state index is 12.1. The van der Waals surface area contributed by atoms with Crippen molar-refractivity contribution in [1.29, 1.82) is 0 Å². The zero-order valence-corrected chi connectivity index (χ0v) is 15.3. The molecule has 0 fully saturated rings. The molecule has 0 unspecified atom stereocenters. The summed E-state index contributed by atoms with van der Waals surface area (Å²) in [6, 6.07) is 14.9. The summed E-state index contributed by atoms with van der Waals surface area (Å²) in [6.45, 7) is 0. The van der Waals surface area contributed by atoms with Crippen LogP contribution < -0.4 is 10.3 Å². The number of nitrogens with zero attached hydrogens (tertiary/aromatic N) is 2. The fourth-order valence-corrected chi connectivity index (χ4v) is 2.93. The Morgan fingerprint density at radius 2 is 1.97 bits per heavy atom. The molecule has 2 aromatic carbocycles. The van der Waals surface area contributed by atoms with Crippen LogP contribution >= 0.6 is 0 Å². The zero-order valence-electron chi connectivity index (χ0n) is 15.3. The lowest BCUT2D eigenvalue weighted by Crippen LogP contribution is -2.09. The quantitative estimate of drug-likeness (QED) is 0.403. The molecular weight excluding hydrogens is 374 g/mol. The van der Waals surface area contributed by atoms with Gasteiger partial charge in [0.05, 0.1) is 34.6 Å². The first-order valence-corrected chi connectivity index (χ1v) is 8.65. The number of benzene rings is 2. The Hall–Kier alpha value is -4.20. The summed E-state index contributed by atoms with van der Waals surface area (Å²) >= 11 is 0. The van der Waals surface area contributed by atoms with Crippen molar-refractivity contribution in [2.75, 3.05) is 7.11 Å². The van der Waals surface area contributed by atoms with Crippen LogP contribution in [0.2, 0.25) is 0 Å². The fraction of sp³-hybridized carbons (Fsp3) is 0.0476. The largest absolute Gasteiger partial charge is 0.497 e. The number of nitro groups is 1. The van der Waals surface area contributed by atoms with Gasteiger partial charge < -0.3 is 14.1 Å². The molecule has 0 aliphatic carbocycles. The van der Waals surface area contributed by atoms with Crippen LogP contribution in [0.5, 0.6) is 5.75 Å². The summed E-state index contributed by atoms with van der Waals surface area (Å²) in [4.78, 5) is 30.1. The molecule has 0 aliphatic rings. The Bertz CT molecular complexity index is 1300. The van der Waals surface area contributed by atoms with Crippen LogP contribution in [0, 0.1) is 10.1 Å². The van der Waals surface area contributed by atoms with Gasteiger partial charge in [-0.05, 0) is 48.6 Å². The lowest BCUT2D eigenvalue weighted by molar-refractivity contribution is -0.384. The molecule has 0 spiro atoms. The molecule has 0 saturated carbocycles. The van der Waals surface area contributed by atoms with Gasteiger partial charge in [-0.25, -0.2) is 4.98 Å². The number of methoxy groups -OCH3 is 1. The second-order valence-electron chi connectivity index (χ2n) is 6.14. The van der Waals surface area contributed by atoms with Crippen molar-refractivity contribution in [2.24, 2.45) is 0 Å². The highest BCUT2D eigenvalue weighted by Gasteiger charge is 2.19. The Morgan fingerprint density at radius 3 is 2.76 bits per heavy atom. The van der Waals surface area contributed by atoms with Gasteiger partial charge in [0.1, 0.15) is 23.1 Å². The number of hydrogen-bond acceptors (Lipinski definition) is 6. The molecule has 0 radical (unpaired) electrons. The summed E-state index contributed by atoms with van der Waals surface area (Å²) < 4.78 is 10.8. The predicted molar refractivity (Wildman–Crippen MR) is 109 cm³/mol. The van der Waals surface area contributed by atoms with Gasteiger partial charge in [0.15, 0.2) is 0 Å². The molecule has 0 saturated heterocycles. The molecule has 1 N–H and O–H groups in total. The van der Waals surface area contributed by atoms with E-state index in [4.69, 9.17) is 9.15 Å². The number of furan rings is 1. The van der Waals surface area contributed by atoms with E-state index in [1.807, 2.05) is 6.07 Å². The SMILES string of the molecule is COc1ccc(-c2ccc(/C=C/c3nc4ccccc4c(=O)[nH]3)o2)c([N+](=O)[O-])c1. The minimum Gasteiger partial charge on any atom is -0.497 e. The maximum absolute atomic E-state index is 12.1. The van der Waals surface area contributed by atoms with E-state index in [2.05, 4.69) is 9.97 Å². The molecule has 2 heterocycles. The van der Waals surface area contributed by atoms with Crippen LogP contribution in [0.1, 0.15) is 11.6 Å². The normalized spacial score (nSPS) is 11.2. The Labute approximate surface area is 164 Å². The summed E-state index contributed by atoms with van der Waals surface area (Å²) in [5.74, 6) is 1.57. The number of para-hydroxylation sites is 1. The van der Waals surface area contributed by atoms with Crippen molar-refractivity contribution in [3.63, 3.8) is 0 Å². The lowest BCUT2D eigenvalue weighted by Gasteiger charge is -2.03. The van der Waals surface area contributed by atoms with Crippen LogP contribution in [-0.2, 0) is 0 Å². The van der Waals surface area contributed by atoms with Crippen molar-refractivity contribution >= 4 is 28.7 Å². The van der Waals surface area contributed by atoms with E-state index in [-0.39, 0.29) is 11.2 Å². The third kappa shape index (κ3) is 3.63. The van der Waals surface area contributed by atoms with Gasteiger partial charge in [0, 0.05) is 0 Å². The van der Waals surface area contributed by atoms with Crippen molar-refractivity contribution in [1.82, 2.24) is 9.97 Å². The van der Waals surface area contributed by atoms with Crippen LogP contribution in [-0.4, -0.2) is 22.0 Å². The molecule has 4 rings (SSSR count). The number of aromatic nitrogens is 2. The van der Waals surface area contributed by atoms with E-state index < -0.39 is 4.92 Å². The smallest absolute Gasteiger partial charge is 0.284 e. The molecule has 2 aromatic heterocycles. The van der Waals surface area contributed by atoms with Crippen LogP contribution in [0.15, 0.2) is 63.8 Å². The summed E-state index contributed by atoms with van der Waals surface area (Å²) in [7, 11) is 1.44. The van der Waals surface area contributed by atoms with Crippen molar-refractivity contribution < 1.29 is 14.1 Å². The number of rotatable bonds is 5. The summed E-state index contributed by atoms with van der Waals surface area (Å²) in [5.41, 5.74) is 0.580. The Kier molecular flexibility index (Phi) is 4.66. The highest BCUT2D eigenvalue weighted by molar-refractivity contribution is 5.79. The number of ether oxygens (including phenoxy) is 1. The minimum atomic E-state index is -0.486. The van der Waals surface area contributed by atoms with Gasteiger partial charge in [-0.3, -0.25) is 14.9 Å². The molecule has 0 bridgehead atoms. The number of fused-ring (bicyclic) bond motifs is 1. The standard InChI is InChI=1S/C21H15N3O5/c1-28-14-6-9-16(18(12-14)24(26)27)19-10-7-13(29-19)8-11-20-22-17-5-3-2-4-15(17)21(25)23-20/h2-12H,1H3,(H,22,23,25)/b11-8+. The third-order valence-electron chi connectivity index (χ3n) is 4.33. The minimum absolute atomic E-state index is 0.116. The van der Waals surface area contributed by atoms with Crippen LogP contribution in [0.3, 0.4) is 0 Å². The van der Waals surface area contributed by atoms with Crippen molar-refractivity contribution in [3.05, 3.63) is 86.7 Å². The zero-order chi connectivity index (χ0) is 20.4. The Balaban J connectivity index is 1.65. The summed E-state index contributed by atoms with van der Waals surface area (Å²) in [6.07, 6.45) is 3.24. The molecule has 0 aliphatic heterocycles. The van der Waals surface area contributed by atoms with E-state index in [0.29, 0.717) is 39.6 Å². The number of H-pyrrole nitrogens is 1. The highest BCUT2D eigenvalue weighted by Crippen LogP contribution is 2.34. The first-order valence-electron chi connectivity index (χ1n) is 8.65. The third-order valence-corrected chi connectivity index (χ3v) is 4.33. The van der Waals surface area contributed by atoms with Gasteiger partial charge in [-0.15, -0.1) is 0 Å². The maximum Gasteiger partial charge on any atom is 0.284 e. The number of nitrogens with one attached hydrogen (secondary N) is 1. The molecule has 4 aromatic rings. The van der Waals surface area contributed by atoms with E-state index in [9.17, 15) is 14.9 Å². The first kappa shape index (κ1) is 18.2. The Morgan fingerprint density at radius 1 is 1.14 bits per heavy atom.